The molecule has 2 aromatic carbocycles. The minimum absolute atomic E-state index is 0.0331. The Hall–Kier alpha value is -2.31. The van der Waals surface area contributed by atoms with Crippen LogP contribution in [0.4, 0.5) is 0 Å². The van der Waals surface area contributed by atoms with Crippen LogP contribution in [0.25, 0.3) is 11.6 Å². The maximum atomic E-state index is 12.3. The molecule has 1 amide bonds. The molecule has 1 unspecified atom stereocenters. The van der Waals surface area contributed by atoms with E-state index in [-0.39, 0.29) is 12.5 Å². The maximum absolute atomic E-state index is 12.3. The van der Waals surface area contributed by atoms with Crippen molar-refractivity contribution in [2.45, 2.75) is 25.4 Å². The molecule has 5 nitrogen and oxygen atoms in total. The third-order valence-corrected chi connectivity index (χ3v) is 6.97. The van der Waals surface area contributed by atoms with Gasteiger partial charge in [0.15, 0.2) is 0 Å². The van der Waals surface area contributed by atoms with Gasteiger partial charge in [-0.15, -0.1) is 0 Å². The van der Waals surface area contributed by atoms with E-state index in [0.717, 1.165) is 56.6 Å². The summed E-state index contributed by atoms with van der Waals surface area (Å²) in [6.45, 7) is 3.97. The van der Waals surface area contributed by atoms with Crippen molar-refractivity contribution >= 4 is 40.8 Å². The number of β-amino-alcohol motifs (C(OH)–C–C–N with tert-alkyl or cyclic N) is 1. The van der Waals surface area contributed by atoms with Gasteiger partial charge >= 0.3 is 0 Å². The Bertz CT molecular complexity index is 1060. The van der Waals surface area contributed by atoms with Crippen LogP contribution in [0.2, 0.25) is 10.0 Å². The van der Waals surface area contributed by atoms with Crippen molar-refractivity contribution in [3.05, 3.63) is 75.8 Å². The summed E-state index contributed by atoms with van der Waals surface area (Å²) in [5, 5.41) is 11.7. The first-order valence-corrected chi connectivity index (χ1v) is 12.5. The summed E-state index contributed by atoms with van der Waals surface area (Å²) in [4.78, 5) is 16.4. The molecule has 1 N–H and O–H groups in total. The van der Waals surface area contributed by atoms with Gasteiger partial charge in [0.1, 0.15) is 18.5 Å². The van der Waals surface area contributed by atoms with Gasteiger partial charge in [-0.05, 0) is 54.7 Å². The van der Waals surface area contributed by atoms with E-state index in [0.29, 0.717) is 22.3 Å². The maximum Gasteiger partial charge on any atom is 0.246 e. The molecule has 1 atom stereocenters. The molecule has 0 spiro atoms. The van der Waals surface area contributed by atoms with Crippen LogP contribution in [0.3, 0.4) is 0 Å². The second kappa shape index (κ2) is 11.9. The van der Waals surface area contributed by atoms with Crippen LogP contribution in [-0.2, 0) is 4.79 Å². The molecule has 2 aliphatic rings. The number of ether oxygens (including phenoxy) is 1. The molecule has 2 heterocycles. The zero-order valence-electron chi connectivity index (χ0n) is 19.1. The van der Waals surface area contributed by atoms with E-state index in [1.165, 1.54) is 5.57 Å². The number of rotatable bonds is 8. The van der Waals surface area contributed by atoms with Crippen molar-refractivity contribution in [2.24, 2.45) is 0 Å². The zero-order chi connectivity index (χ0) is 23.9. The van der Waals surface area contributed by atoms with Crippen LogP contribution in [0.1, 0.15) is 30.4 Å². The van der Waals surface area contributed by atoms with E-state index < -0.39 is 6.10 Å². The molecule has 0 aliphatic carbocycles. The van der Waals surface area contributed by atoms with E-state index in [4.69, 9.17) is 27.9 Å². The summed E-state index contributed by atoms with van der Waals surface area (Å²) in [6, 6.07) is 13.3. The molecule has 2 aromatic rings. The van der Waals surface area contributed by atoms with Gasteiger partial charge in [-0.25, -0.2) is 0 Å². The first-order chi connectivity index (χ1) is 16.5. The molecule has 1 fully saturated rings. The Labute approximate surface area is 211 Å². The standard InChI is InChI=1S/C27H30Cl2N2O3/c28-24-9-7-22(17-25(24)29)20-11-15-30(16-12-20)18-23(32)19-34-26-6-2-1-5-21(26)8-10-27(33)31-13-3-4-14-31/h1-2,5-11,17,23,32H,3-4,12-16,18-19H2. The number of aliphatic hydroxyl groups is 1. The predicted molar refractivity (Wildman–Crippen MR) is 138 cm³/mol. The highest BCUT2D eigenvalue weighted by Crippen LogP contribution is 2.29. The van der Waals surface area contributed by atoms with Gasteiger partial charge in [0.2, 0.25) is 5.91 Å². The van der Waals surface area contributed by atoms with Crippen LogP contribution in [0.15, 0.2) is 54.6 Å². The van der Waals surface area contributed by atoms with Gasteiger partial charge in [-0.1, -0.05) is 53.5 Å². The molecule has 34 heavy (non-hydrogen) atoms. The number of aliphatic hydroxyl groups excluding tert-OH is 1. The Kier molecular flexibility index (Phi) is 8.68. The summed E-state index contributed by atoms with van der Waals surface area (Å²) < 4.78 is 5.92. The highest BCUT2D eigenvalue weighted by atomic mass is 35.5. The molecule has 0 aromatic heterocycles. The largest absolute Gasteiger partial charge is 0.490 e. The first-order valence-electron chi connectivity index (χ1n) is 11.7. The van der Waals surface area contributed by atoms with Gasteiger partial charge in [0, 0.05) is 44.4 Å². The third-order valence-electron chi connectivity index (χ3n) is 6.23. The van der Waals surface area contributed by atoms with E-state index >= 15 is 0 Å². The highest BCUT2D eigenvalue weighted by molar-refractivity contribution is 6.42. The summed E-state index contributed by atoms with van der Waals surface area (Å²) in [5.74, 6) is 0.693. The highest BCUT2D eigenvalue weighted by Gasteiger charge is 2.18. The molecular weight excluding hydrogens is 471 g/mol. The minimum Gasteiger partial charge on any atom is -0.490 e. The third kappa shape index (κ3) is 6.63. The van der Waals surface area contributed by atoms with Gasteiger partial charge in [0.05, 0.1) is 10.0 Å². The number of hydrogen-bond donors (Lipinski definition) is 1. The Morgan fingerprint density at radius 2 is 1.88 bits per heavy atom. The number of amides is 1. The average Bonchev–Trinajstić information content (AvgIpc) is 3.39. The van der Waals surface area contributed by atoms with Gasteiger partial charge in [0.25, 0.3) is 0 Å². The summed E-state index contributed by atoms with van der Waals surface area (Å²) in [6.07, 6.45) is 7.97. The lowest BCUT2D eigenvalue weighted by Crippen LogP contribution is -2.38. The quantitative estimate of drug-likeness (QED) is 0.508. The smallest absolute Gasteiger partial charge is 0.246 e. The molecule has 7 heteroatoms. The molecule has 180 valence electrons. The van der Waals surface area contributed by atoms with Crippen molar-refractivity contribution in [3.63, 3.8) is 0 Å². The van der Waals surface area contributed by atoms with Crippen LogP contribution in [0.5, 0.6) is 5.75 Å². The number of benzene rings is 2. The van der Waals surface area contributed by atoms with Crippen molar-refractivity contribution in [3.8, 4) is 5.75 Å². The van der Waals surface area contributed by atoms with E-state index in [2.05, 4.69) is 11.0 Å². The fraction of sp³-hybridized carbons (Fsp3) is 0.370. The summed E-state index contributed by atoms with van der Waals surface area (Å²) >= 11 is 12.2. The molecule has 0 bridgehead atoms. The summed E-state index contributed by atoms with van der Waals surface area (Å²) in [5.41, 5.74) is 3.16. The molecule has 1 saturated heterocycles. The van der Waals surface area contributed by atoms with Crippen LogP contribution in [0, 0.1) is 0 Å². The molecule has 0 saturated carbocycles. The SMILES string of the molecule is O=C(C=Cc1ccccc1OCC(O)CN1CC=C(c2ccc(Cl)c(Cl)c2)CC1)N1CCCC1. The normalized spacial score (nSPS) is 17.7. The number of nitrogens with zero attached hydrogens (tertiary/aromatic N) is 2. The Morgan fingerprint density at radius 1 is 1.09 bits per heavy atom. The molecule has 2 aliphatic heterocycles. The lowest BCUT2D eigenvalue weighted by molar-refractivity contribution is -0.124. The number of carbonyl (C=O) groups is 1. The number of para-hydroxylation sites is 1. The second-order valence-electron chi connectivity index (χ2n) is 8.74. The van der Waals surface area contributed by atoms with Crippen molar-refractivity contribution < 1.29 is 14.6 Å². The van der Waals surface area contributed by atoms with E-state index in [1.807, 2.05) is 47.4 Å². The van der Waals surface area contributed by atoms with E-state index in [9.17, 15) is 9.90 Å². The lowest BCUT2D eigenvalue weighted by atomic mass is 9.99. The molecule has 4 rings (SSSR count). The van der Waals surface area contributed by atoms with Crippen LogP contribution < -0.4 is 4.74 Å². The molecule has 0 radical (unpaired) electrons. The first kappa shape index (κ1) is 24.8. The number of halogens is 2. The van der Waals surface area contributed by atoms with Gasteiger partial charge in [-0.2, -0.15) is 0 Å². The lowest BCUT2D eigenvalue weighted by Gasteiger charge is -2.28. The summed E-state index contributed by atoms with van der Waals surface area (Å²) in [7, 11) is 0. The zero-order valence-corrected chi connectivity index (χ0v) is 20.6. The predicted octanol–water partition coefficient (Wildman–Crippen LogP) is 5.16. The average molecular weight is 501 g/mol. The Morgan fingerprint density at radius 3 is 2.62 bits per heavy atom. The fourth-order valence-corrected chi connectivity index (χ4v) is 4.62. The molecular formula is C27H30Cl2N2O3. The van der Waals surface area contributed by atoms with Crippen LogP contribution >= 0.6 is 23.2 Å². The number of likely N-dealkylation sites (tertiary alicyclic amines) is 1. The second-order valence-corrected chi connectivity index (χ2v) is 9.55. The van der Waals surface area contributed by atoms with Crippen molar-refractivity contribution in [1.29, 1.82) is 0 Å². The minimum atomic E-state index is -0.622. The Balaban J connectivity index is 1.27. The fourth-order valence-electron chi connectivity index (χ4n) is 4.33. The topological polar surface area (TPSA) is 53.0 Å². The number of carbonyl (C=O) groups excluding carboxylic acids is 1. The van der Waals surface area contributed by atoms with Crippen molar-refractivity contribution in [1.82, 2.24) is 9.80 Å². The monoisotopic (exact) mass is 500 g/mol. The van der Waals surface area contributed by atoms with Gasteiger partial charge in [-0.3, -0.25) is 9.69 Å². The van der Waals surface area contributed by atoms with Crippen molar-refractivity contribution in [2.75, 3.05) is 39.3 Å². The van der Waals surface area contributed by atoms with E-state index in [1.54, 1.807) is 12.2 Å². The number of hydrogen-bond acceptors (Lipinski definition) is 4. The van der Waals surface area contributed by atoms with Gasteiger partial charge < -0.3 is 14.7 Å². The van der Waals surface area contributed by atoms with Crippen LogP contribution in [-0.4, -0.2) is 66.2 Å².